The molecule has 90 valence electrons. The van der Waals surface area contributed by atoms with Crippen LogP contribution >= 0.6 is 0 Å². The minimum atomic E-state index is 0.387. The predicted molar refractivity (Wildman–Crippen MR) is 65.5 cm³/mol. The highest BCUT2D eigenvalue weighted by Crippen LogP contribution is 2.22. The molecule has 4 heteroatoms. The fourth-order valence-corrected chi connectivity index (χ4v) is 2.26. The summed E-state index contributed by atoms with van der Waals surface area (Å²) in [5.41, 5.74) is 1.28. The van der Waals surface area contributed by atoms with Crippen molar-refractivity contribution in [1.82, 2.24) is 20.0 Å². The van der Waals surface area contributed by atoms with E-state index >= 15 is 0 Å². The van der Waals surface area contributed by atoms with Gasteiger partial charge in [0.05, 0.1) is 12.2 Å². The van der Waals surface area contributed by atoms with Gasteiger partial charge < -0.3 is 10.2 Å². The van der Waals surface area contributed by atoms with Crippen LogP contribution in [0.15, 0.2) is 12.4 Å². The highest BCUT2D eigenvalue weighted by Gasteiger charge is 2.23. The zero-order chi connectivity index (χ0) is 11.5. The minimum absolute atomic E-state index is 0.387. The largest absolute Gasteiger partial charge is 0.313 e. The van der Waals surface area contributed by atoms with Crippen LogP contribution < -0.4 is 5.32 Å². The maximum Gasteiger partial charge on any atom is 0.0658 e. The fourth-order valence-electron chi connectivity index (χ4n) is 2.26. The zero-order valence-corrected chi connectivity index (χ0v) is 10.5. The van der Waals surface area contributed by atoms with Gasteiger partial charge in [0, 0.05) is 30.9 Å². The number of likely N-dealkylation sites (tertiary alicyclic amines) is 1. The number of hydrogen-bond donors (Lipinski definition) is 1. The Bertz CT molecular complexity index is 334. The van der Waals surface area contributed by atoms with Gasteiger partial charge in [-0.05, 0) is 26.9 Å². The van der Waals surface area contributed by atoms with Gasteiger partial charge in [-0.25, -0.2) is 0 Å². The summed E-state index contributed by atoms with van der Waals surface area (Å²) in [7, 11) is 1.98. The molecule has 1 aromatic heterocycles. The van der Waals surface area contributed by atoms with Gasteiger partial charge in [-0.2, -0.15) is 5.10 Å². The van der Waals surface area contributed by atoms with Crippen molar-refractivity contribution in [1.29, 1.82) is 0 Å². The number of likely N-dealkylation sites (N-methyl/N-ethyl adjacent to an activating group) is 1. The van der Waals surface area contributed by atoms with Crippen molar-refractivity contribution < 1.29 is 0 Å². The van der Waals surface area contributed by atoms with Crippen molar-refractivity contribution in [3.63, 3.8) is 0 Å². The van der Waals surface area contributed by atoms with Gasteiger partial charge >= 0.3 is 0 Å². The molecule has 0 spiro atoms. The van der Waals surface area contributed by atoms with Crippen molar-refractivity contribution >= 4 is 0 Å². The van der Waals surface area contributed by atoms with E-state index in [1.165, 1.54) is 18.5 Å². The smallest absolute Gasteiger partial charge is 0.0658 e. The van der Waals surface area contributed by atoms with Crippen molar-refractivity contribution in [2.75, 3.05) is 26.7 Å². The topological polar surface area (TPSA) is 33.1 Å². The molecule has 1 N–H and O–H groups in total. The number of aromatic nitrogens is 2. The van der Waals surface area contributed by atoms with E-state index in [1.54, 1.807) is 0 Å². The van der Waals surface area contributed by atoms with E-state index in [1.807, 2.05) is 13.2 Å². The lowest BCUT2D eigenvalue weighted by atomic mass is 10.2. The first-order valence-corrected chi connectivity index (χ1v) is 6.18. The van der Waals surface area contributed by atoms with Gasteiger partial charge in [-0.15, -0.1) is 0 Å². The number of hydrogen-bond acceptors (Lipinski definition) is 3. The van der Waals surface area contributed by atoms with Crippen molar-refractivity contribution in [3.05, 3.63) is 18.0 Å². The third-order valence-electron chi connectivity index (χ3n) is 3.62. The first-order valence-electron chi connectivity index (χ1n) is 6.18. The van der Waals surface area contributed by atoms with Crippen molar-refractivity contribution in [2.24, 2.45) is 0 Å². The molecule has 0 aliphatic carbocycles. The lowest BCUT2D eigenvalue weighted by Gasteiger charge is -2.13. The van der Waals surface area contributed by atoms with Gasteiger partial charge in [-0.3, -0.25) is 4.68 Å². The second kappa shape index (κ2) is 4.97. The van der Waals surface area contributed by atoms with E-state index in [0.29, 0.717) is 12.1 Å². The molecule has 0 aromatic carbocycles. The molecule has 2 unspecified atom stereocenters. The molecule has 1 saturated heterocycles. The summed E-state index contributed by atoms with van der Waals surface area (Å²) in [6.45, 7) is 7.88. The molecule has 4 nitrogen and oxygen atoms in total. The Balaban J connectivity index is 2.02. The molecule has 1 aliphatic heterocycles. The highest BCUT2D eigenvalue weighted by atomic mass is 15.3. The third kappa shape index (κ3) is 2.28. The summed E-state index contributed by atoms with van der Waals surface area (Å²) >= 11 is 0. The fraction of sp³-hybridized carbons (Fsp3) is 0.750. The number of nitrogens with zero attached hydrogens (tertiary/aromatic N) is 3. The highest BCUT2D eigenvalue weighted by molar-refractivity contribution is 5.09. The molecule has 0 saturated carbocycles. The molecule has 1 fully saturated rings. The predicted octanol–water partition coefficient (Wildman–Crippen LogP) is 1.43. The Hall–Kier alpha value is -0.870. The molecule has 2 rings (SSSR count). The van der Waals surface area contributed by atoms with Gasteiger partial charge in [-0.1, -0.05) is 6.92 Å². The Morgan fingerprint density at radius 2 is 2.44 bits per heavy atom. The normalized spacial score (nSPS) is 23.8. The number of nitrogens with one attached hydrogen (secondary N) is 1. The van der Waals surface area contributed by atoms with Crippen LogP contribution in [0.3, 0.4) is 0 Å². The van der Waals surface area contributed by atoms with Gasteiger partial charge in [0.25, 0.3) is 0 Å². The molecular formula is C12H22N4. The van der Waals surface area contributed by atoms with Crippen LogP contribution in [-0.4, -0.2) is 41.4 Å². The van der Waals surface area contributed by atoms with Gasteiger partial charge in [0.1, 0.15) is 0 Å². The molecule has 1 aromatic rings. The standard InChI is InChI=1S/C12H22N4/c1-4-15-6-5-12(9-15)16-8-11(7-14-16)10(2)13-3/h7-8,10,12-13H,4-6,9H2,1-3H3. The van der Waals surface area contributed by atoms with E-state index in [9.17, 15) is 0 Å². The Labute approximate surface area is 97.6 Å². The SMILES string of the molecule is CCN1CCC(n2cc(C(C)NC)cn2)C1. The van der Waals surface area contributed by atoms with Crippen molar-refractivity contribution in [3.8, 4) is 0 Å². The molecule has 2 atom stereocenters. The monoisotopic (exact) mass is 222 g/mol. The van der Waals surface area contributed by atoms with E-state index in [-0.39, 0.29) is 0 Å². The van der Waals surface area contributed by atoms with Crippen LogP contribution in [0, 0.1) is 0 Å². The van der Waals surface area contributed by atoms with Crippen LogP contribution in [0.4, 0.5) is 0 Å². The van der Waals surface area contributed by atoms with Gasteiger partial charge in [0.2, 0.25) is 0 Å². The molecule has 0 bridgehead atoms. The maximum atomic E-state index is 4.49. The van der Waals surface area contributed by atoms with E-state index in [0.717, 1.165) is 13.1 Å². The second-order valence-electron chi connectivity index (χ2n) is 4.60. The lowest BCUT2D eigenvalue weighted by molar-refractivity contribution is 0.335. The quantitative estimate of drug-likeness (QED) is 0.836. The molecule has 1 aliphatic rings. The van der Waals surface area contributed by atoms with E-state index in [4.69, 9.17) is 0 Å². The lowest BCUT2D eigenvalue weighted by Crippen LogP contribution is -2.21. The van der Waals surface area contributed by atoms with Crippen molar-refractivity contribution in [2.45, 2.75) is 32.4 Å². The Kier molecular flexibility index (Phi) is 3.61. The number of rotatable bonds is 4. The molecule has 0 radical (unpaired) electrons. The first-order chi connectivity index (χ1) is 7.74. The Morgan fingerprint density at radius 1 is 1.62 bits per heavy atom. The summed E-state index contributed by atoms with van der Waals surface area (Å²) < 4.78 is 2.14. The average Bonchev–Trinajstić information content (AvgIpc) is 2.95. The molecule has 16 heavy (non-hydrogen) atoms. The summed E-state index contributed by atoms with van der Waals surface area (Å²) in [6.07, 6.45) is 5.39. The van der Waals surface area contributed by atoms with Crippen LogP contribution in [0.5, 0.6) is 0 Å². The third-order valence-corrected chi connectivity index (χ3v) is 3.62. The summed E-state index contributed by atoms with van der Waals surface area (Å²) in [4.78, 5) is 2.48. The first kappa shape index (κ1) is 11.6. The van der Waals surface area contributed by atoms with Crippen LogP contribution in [-0.2, 0) is 0 Å². The summed E-state index contributed by atoms with van der Waals surface area (Å²) in [6, 6.07) is 0.954. The molecule has 2 heterocycles. The summed E-state index contributed by atoms with van der Waals surface area (Å²) in [5.74, 6) is 0. The Morgan fingerprint density at radius 3 is 3.06 bits per heavy atom. The zero-order valence-electron chi connectivity index (χ0n) is 10.5. The maximum absolute atomic E-state index is 4.49. The van der Waals surface area contributed by atoms with Crippen LogP contribution in [0.1, 0.15) is 37.9 Å². The van der Waals surface area contributed by atoms with E-state index < -0.39 is 0 Å². The summed E-state index contributed by atoms with van der Waals surface area (Å²) in [5, 5.41) is 7.73. The van der Waals surface area contributed by atoms with E-state index in [2.05, 4.69) is 40.0 Å². The molecular weight excluding hydrogens is 200 g/mol. The van der Waals surface area contributed by atoms with Gasteiger partial charge in [0.15, 0.2) is 0 Å². The van der Waals surface area contributed by atoms with Crippen LogP contribution in [0.25, 0.3) is 0 Å². The molecule has 0 amide bonds. The average molecular weight is 222 g/mol. The second-order valence-corrected chi connectivity index (χ2v) is 4.60. The minimum Gasteiger partial charge on any atom is -0.313 e. The van der Waals surface area contributed by atoms with Crippen LogP contribution in [0.2, 0.25) is 0 Å².